The van der Waals surface area contributed by atoms with E-state index in [1.807, 2.05) is 25.1 Å². The van der Waals surface area contributed by atoms with Gasteiger partial charge in [-0.2, -0.15) is 0 Å². The topological polar surface area (TPSA) is 60.5 Å². The third-order valence-electron chi connectivity index (χ3n) is 3.98. The maximum atomic E-state index is 13.9. The standard InChI is InChI=1S/C21H19FN2O3S/c1-13-4-7-18(26-2)15(10-13)6-9-20(25)24-21-23-17(12-28-21)14-5-8-19(27-3)16(22)11-14/h4-12H,1-3H3,(H,23,24,25)/b9-6+. The molecule has 0 bridgehead atoms. The van der Waals surface area contributed by atoms with Crippen LogP contribution in [0, 0.1) is 12.7 Å². The number of methoxy groups -OCH3 is 2. The smallest absolute Gasteiger partial charge is 0.250 e. The van der Waals surface area contributed by atoms with Gasteiger partial charge in [-0.25, -0.2) is 9.37 Å². The molecule has 0 aliphatic rings. The third-order valence-corrected chi connectivity index (χ3v) is 4.74. The molecule has 2 aromatic carbocycles. The quantitative estimate of drug-likeness (QED) is 0.599. The molecule has 0 unspecified atom stereocenters. The number of nitrogens with one attached hydrogen (secondary N) is 1. The number of ether oxygens (including phenoxy) is 2. The lowest BCUT2D eigenvalue weighted by atomic mass is 10.1. The van der Waals surface area contributed by atoms with Gasteiger partial charge in [0.1, 0.15) is 5.75 Å². The van der Waals surface area contributed by atoms with Crippen molar-refractivity contribution in [3.8, 4) is 22.8 Å². The fourth-order valence-corrected chi connectivity index (χ4v) is 3.31. The molecule has 0 atom stereocenters. The molecule has 0 saturated heterocycles. The van der Waals surface area contributed by atoms with Gasteiger partial charge in [-0.3, -0.25) is 10.1 Å². The van der Waals surface area contributed by atoms with Gasteiger partial charge in [-0.1, -0.05) is 11.6 Å². The van der Waals surface area contributed by atoms with Crippen LogP contribution in [0.2, 0.25) is 0 Å². The summed E-state index contributed by atoms with van der Waals surface area (Å²) in [5.74, 6) is 0.0796. The van der Waals surface area contributed by atoms with Crippen LogP contribution in [0.25, 0.3) is 17.3 Å². The van der Waals surface area contributed by atoms with E-state index in [9.17, 15) is 9.18 Å². The van der Waals surface area contributed by atoms with Crippen LogP contribution >= 0.6 is 11.3 Å². The summed E-state index contributed by atoms with van der Waals surface area (Å²) in [5.41, 5.74) is 3.06. The first-order chi connectivity index (χ1) is 13.5. The number of anilines is 1. The SMILES string of the molecule is COc1ccc(-c2csc(NC(=O)/C=C/c3cc(C)ccc3OC)n2)cc1F. The van der Waals surface area contributed by atoms with E-state index in [-0.39, 0.29) is 11.7 Å². The number of nitrogens with zero attached hydrogens (tertiary/aromatic N) is 1. The zero-order chi connectivity index (χ0) is 20.1. The highest BCUT2D eigenvalue weighted by Crippen LogP contribution is 2.28. The van der Waals surface area contributed by atoms with Crippen LogP contribution in [-0.2, 0) is 4.79 Å². The van der Waals surface area contributed by atoms with Crippen LogP contribution in [0.3, 0.4) is 0 Å². The number of hydrogen-bond donors (Lipinski definition) is 1. The molecule has 28 heavy (non-hydrogen) atoms. The average molecular weight is 398 g/mol. The molecule has 7 heteroatoms. The van der Waals surface area contributed by atoms with Gasteiger partial charge in [-0.15, -0.1) is 11.3 Å². The van der Waals surface area contributed by atoms with Gasteiger partial charge in [0.05, 0.1) is 19.9 Å². The van der Waals surface area contributed by atoms with Crippen molar-refractivity contribution in [2.75, 3.05) is 19.5 Å². The third kappa shape index (κ3) is 4.55. The summed E-state index contributed by atoms with van der Waals surface area (Å²) in [7, 11) is 3.00. The molecule has 1 heterocycles. The van der Waals surface area contributed by atoms with Crippen molar-refractivity contribution in [1.29, 1.82) is 0 Å². The van der Waals surface area contributed by atoms with Crippen LogP contribution < -0.4 is 14.8 Å². The molecule has 3 rings (SSSR count). The van der Waals surface area contributed by atoms with E-state index >= 15 is 0 Å². The zero-order valence-electron chi connectivity index (χ0n) is 15.7. The molecule has 1 N–H and O–H groups in total. The van der Waals surface area contributed by atoms with E-state index < -0.39 is 5.82 Å². The Labute approximate surface area is 166 Å². The summed E-state index contributed by atoms with van der Waals surface area (Å²) in [4.78, 5) is 16.5. The van der Waals surface area contributed by atoms with Crippen molar-refractivity contribution in [3.05, 3.63) is 64.8 Å². The summed E-state index contributed by atoms with van der Waals surface area (Å²) in [5, 5.41) is 4.90. The van der Waals surface area contributed by atoms with E-state index in [4.69, 9.17) is 9.47 Å². The molecule has 0 fully saturated rings. The lowest BCUT2D eigenvalue weighted by molar-refractivity contribution is -0.111. The van der Waals surface area contributed by atoms with Gasteiger partial charge in [0, 0.05) is 22.6 Å². The van der Waals surface area contributed by atoms with Crippen molar-refractivity contribution < 1.29 is 18.7 Å². The predicted octanol–water partition coefficient (Wildman–Crippen LogP) is 4.93. The van der Waals surface area contributed by atoms with E-state index in [0.717, 1.165) is 11.1 Å². The van der Waals surface area contributed by atoms with Crippen LogP contribution in [0.15, 0.2) is 47.9 Å². The number of amides is 1. The number of aromatic nitrogens is 1. The molecule has 5 nitrogen and oxygen atoms in total. The maximum absolute atomic E-state index is 13.9. The Hall–Kier alpha value is -3.19. The molecule has 3 aromatic rings. The first-order valence-corrected chi connectivity index (χ1v) is 9.31. The summed E-state index contributed by atoms with van der Waals surface area (Å²) >= 11 is 1.26. The number of hydrogen-bond acceptors (Lipinski definition) is 5. The second-order valence-corrected chi connectivity index (χ2v) is 6.81. The molecular weight excluding hydrogens is 379 g/mol. The number of thiazole rings is 1. The first-order valence-electron chi connectivity index (χ1n) is 8.43. The molecule has 0 aliphatic heterocycles. The van der Waals surface area contributed by atoms with Crippen LogP contribution in [-0.4, -0.2) is 25.1 Å². The molecule has 0 aliphatic carbocycles. The van der Waals surface area contributed by atoms with Crippen molar-refractivity contribution in [2.45, 2.75) is 6.92 Å². The lowest BCUT2D eigenvalue weighted by Gasteiger charge is -2.05. The molecule has 0 radical (unpaired) electrons. The highest BCUT2D eigenvalue weighted by molar-refractivity contribution is 7.14. The fourth-order valence-electron chi connectivity index (χ4n) is 2.59. The maximum Gasteiger partial charge on any atom is 0.250 e. The van der Waals surface area contributed by atoms with Crippen LogP contribution in [0.4, 0.5) is 9.52 Å². The fraction of sp³-hybridized carbons (Fsp3) is 0.143. The molecule has 1 amide bonds. The van der Waals surface area contributed by atoms with Gasteiger partial charge in [0.25, 0.3) is 0 Å². The first kappa shape index (κ1) is 19.6. The minimum atomic E-state index is -0.464. The van der Waals surface area contributed by atoms with Crippen LogP contribution in [0.1, 0.15) is 11.1 Å². The van der Waals surface area contributed by atoms with Gasteiger partial charge in [0.15, 0.2) is 16.7 Å². The Morgan fingerprint density at radius 3 is 2.61 bits per heavy atom. The minimum absolute atomic E-state index is 0.171. The summed E-state index contributed by atoms with van der Waals surface area (Å²) < 4.78 is 24.1. The largest absolute Gasteiger partial charge is 0.496 e. The van der Waals surface area contributed by atoms with Crippen molar-refractivity contribution >= 4 is 28.5 Å². The van der Waals surface area contributed by atoms with E-state index in [1.165, 1.54) is 30.6 Å². The molecule has 1 aromatic heterocycles. The number of rotatable bonds is 6. The number of halogens is 1. The van der Waals surface area contributed by atoms with E-state index in [2.05, 4.69) is 10.3 Å². The number of benzene rings is 2. The molecule has 144 valence electrons. The van der Waals surface area contributed by atoms with E-state index in [1.54, 1.807) is 30.7 Å². The Morgan fingerprint density at radius 1 is 1.14 bits per heavy atom. The summed E-state index contributed by atoms with van der Waals surface area (Å²) in [6, 6.07) is 10.3. The Kier molecular flexibility index (Phi) is 6.06. The minimum Gasteiger partial charge on any atom is -0.496 e. The normalized spacial score (nSPS) is 10.9. The molecule has 0 spiro atoms. The molecule has 0 saturated carbocycles. The highest BCUT2D eigenvalue weighted by atomic mass is 32.1. The molecular formula is C21H19FN2O3S. The lowest BCUT2D eigenvalue weighted by Crippen LogP contribution is -2.07. The second kappa shape index (κ2) is 8.67. The highest BCUT2D eigenvalue weighted by Gasteiger charge is 2.10. The Morgan fingerprint density at radius 2 is 1.89 bits per heavy atom. The zero-order valence-corrected chi connectivity index (χ0v) is 16.5. The Bertz CT molecular complexity index is 1030. The Balaban J connectivity index is 1.70. The summed E-state index contributed by atoms with van der Waals surface area (Å²) in [6.45, 7) is 1.97. The average Bonchev–Trinajstić information content (AvgIpc) is 3.15. The monoisotopic (exact) mass is 398 g/mol. The van der Waals surface area contributed by atoms with Gasteiger partial charge in [-0.05, 0) is 43.3 Å². The summed E-state index contributed by atoms with van der Waals surface area (Å²) in [6.07, 6.45) is 3.11. The number of carbonyl (C=O) groups excluding carboxylic acids is 1. The predicted molar refractivity (Wildman–Crippen MR) is 109 cm³/mol. The van der Waals surface area contributed by atoms with Gasteiger partial charge < -0.3 is 9.47 Å². The van der Waals surface area contributed by atoms with Crippen molar-refractivity contribution in [3.63, 3.8) is 0 Å². The van der Waals surface area contributed by atoms with E-state index in [0.29, 0.717) is 22.1 Å². The van der Waals surface area contributed by atoms with Gasteiger partial charge >= 0.3 is 0 Å². The van der Waals surface area contributed by atoms with Crippen molar-refractivity contribution in [2.24, 2.45) is 0 Å². The second-order valence-electron chi connectivity index (χ2n) is 5.96. The van der Waals surface area contributed by atoms with Crippen molar-refractivity contribution in [1.82, 2.24) is 4.98 Å². The van der Waals surface area contributed by atoms with Gasteiger partial charge in [0.2, 0.25) is 5.91 Å². The number of carbonyl (C=O) groups is 1. The van der Waals surface area contributed by atoms with Crippen LogP contribution in [0.5, 0.6) is 11.5 Å². The number of aryl methyl sites for hydroxylation is 1.